The highest BCUT2D eigenvalue weighted by Crippen LogP contribution is 2.32. The average molecular weight is 1170 g/mol. The summed E-state index contributed by atoms with van der Waals surface area (Å²) in [6.45, 7) is 14.9. The summed E-state index contributed by atoms with van der Waals surface area (Å²) in [6, 6.07) is 11.7. The Morgan fingerprint density at radius 2 is 1.59 bits per heavy atom. The van der Waals surface area contributed by atoms with Gasteiger partial charge < -0.3 is 45.5 Å². The minimum Gasteiger partial charge on any atom is -0.444 e. The van der Waals surface area contributed by atoms with Crippen LogP contribution in [0, 0.1) is 0 Å². The Balaban J connectivity index is 0.775. The monoisotopic (exact) mass is 1170 g/mol. The number of nitrogens with one attached hydrogen (secondary N) is 5. The first-order valence-corrected chi connectivity index (χ1v) is 27.9. The maximum Gasteiger partial charge on any atom is 0.410 e. The van der Waals surface area contributed by atoms with Crippen molar-refractivity contribution in [2.75, 3.05) is 75.7 Å². The van der Waals surface area contributed by atoms with Crippen molar-refractivity contribution < 1.29 is 38.2 Å². The maximum absolute atomic E-state index is 14.7. The molecule has 438 valence electrons. The average Bonchev–Trinajstić information content (AvgIpc) is 3.85. The van der Waals surface area contributed by atoms with E-state index in [1.54, 1.807) is 70.8 Å². The molecule has 0 radical (unpaired) electrons. The van der Waals surface area contributed by atoms with Gasteiger partial charge in [0.05, 0.1) is 42.1 Å². The molecule has 5 N–H and O–H groups in total. The minimum atomic E-state index is -1.28. The van der Waals surface area contributed by atoms with Crippen LogP contribution < -0.4 is 26.2 Å². The van der Waals surface area contributed by atoms with Crippen molar-refractivity contribution in [3.63, 3.8) is 0 Å². The molecule has 8 rings (SSSR count). The SMILES string of the molecule is CC(C)(C)OC(=O)NC1(C(=O)N[C@@H](CCN2CCN(C(=O)CCn3cc(CCNC(=O)c4ccc(NC(=O)CN(CCn5ccnn5)C(=O)OC(C)(C)C)c(Cl)n4)nn3)CC2)c2ccc(Cl)cc2)CCN(c2ncnc3[nH]ccc23)CC1. The van der Waals surface area contributed by atoms with Gasteiger partial charge >= 0.3 is 12.2 Å². The highest BCUT2D eigenvalue weighted by molar-refractivity contribution is 6.32. The smallest absolute Gasteiger partial charge is 0.410 e. The van der Waals surface area contributed by atoms with Crippen LogP contribution in [0.25, 0.3) is 11.0 Å². The molecule has 2 aliphatic heterocycles. The lowest BCUT2D eigenvalue weighted by Gasteiger charge is -2.42. The van der Waals surface area contributed by atoms with Crippen LogP contribution in [0.5, 0.6) is 0 Å². The number of fused-ring (bicyclic) bond motifs is 1. The summed E-state index contributed by atoms with van der Waals surface area (Å²) >= 11 is 12.7. The molecule has 6 amide bonds. The summed E-state index contributed by atoms with van der Waals surface area (Å²) in [5.74, 6) is -0.642. The summed E-state index contributed by atoms with van der Waals surface area (Å²) in [5.41, 5.74) is -0.495. The molecule has 0 unspecified atom stereocenters. The van der Waals surface area contributed by atoms with Crippen LogP contribution in [0.2, 0.25) is 10.2 Å². The predicted octanol–water partition coefficient (Wildman–Crippen LogP) is 5.04. The predicted molar refractivity (Wildman–Crippen MR) is 304 cm³/mol. The van der Waals surface area contributed by atoms with Crippen LogP contribution in [0.1, 0.15) is 95.0 Å². The van der Waals surface area contributed by atoms with Crippen molar-refractivity contribution in [2.45, 2.75) is 110 Å². The van der Waals surface area contributed by atoms with Crippen molar-refractivity contribution in [1.29, 1.82) is 0 Å². The molecule has 2 saturated heterocycles. The number of ether oxygens (including phenoxy) is 2. The Labute approximate surface area is 484 Å². The Bertz CT molecular complexity index is 3160. The third kappa shape index (κ3) is 16.8. The fourth-order valence-corrected chi connectivity index (χ4v) is 9.77. The Kier molecular flexibility index (Phi) is 19.6. The van der Waals surface area contributed by atoms with Crippen LogP contribution in [0.15, 0.2) is 73.6 Å². The highest BCUT2D eigenvalue weighted by atomic mass is 35.5. The third-order valence-corrected chi connectivity index (χ3v) is 14.2. The number of aromatic nitrogens is 10. The number of benzene rings is 1. The van der Waals surface area contributed by atoms with E-state index in [2.05, 4.69) is 71.6 Å². The number of piperazine rings is 1. The third-order valence-electron chi connectivity index (χ3n) is 13.7. The number of rotatable bonds is 21. The zero-order chi connectivity index (χ0) is 58.6. The van der Waals surface area contributed by atoms with Crippen molar-refractivity contribution in [2.24, 2.45) is 0 Å². The maximum atomic E-state index is 14.7. The van der Waals surface area contributed by atoms with Crippen LogP contribution in [0.4, 0.5) is 21.1 Å². The van der Waals surface area contributed by atoms with E-state index < -0.39 is 46.8 Å². The standard InChI is InChI=1S/C54H70Cl2N18O8/c1-52(2,3)81-50(79)65-54(17-24-71(25-18-54)47-39-14-20-57-46(39)59-35-60-47)49(78)64-40(36-7-9-37(55)10-8-36)15-22-69-27-29-70(30-28-69)44(76)16-23-74-33-38(66-68-74)13-19-58-48(77)42-12-11-41(45(56)63-42)62-43(75)34-72(51(80)82-53(4,5)6)31-32-73-26-21-61-67-73/h7-12,14,20-21,26,33,35,40H,13,15-19,22-25,27-32,34H2,1-6H3,(H,58,77)(H,62,75)(H,64,78)(H,65,79)(H,57,59,60)/t40-/m0/s1. The summed E-state index contributed by atoms with van der Waals surface area (Å²) in [6.07, 6.45) is 8.54. The van der Waals surface area contributed by atoms with Crippen molar-refractivity contribution >= 4 is 81.6 Å². The normalized spacial score (nSPS) is 15.1. The van der Waals surface area contributed by atoms with Gasteiger partial charge in [0.1, 0.15) is 46.8 Å². The second-order valence-electron chi connectivity index (χ2n) is 22.1. The summed E-state index contributed by atoms with van der Waals surface area (Å²) in [5, 5.41) is 29.1. The summed E-state index contributed by atoms with van der Waals surface area (Å²) < 4.78 is 14.3. The van der Waals surface area contributed by atoms with Gasteiger partial charge in [-0.25, -0.2) is 24.5 Å². The van der Waals surface area contributed by atoms with Gasteiger partial charge in [-0.05, 0) is 96.7 Å². The molecule has 0 spiro atoms. The van der Waals surface area contributed by atoms with Crippen molar-refractivity contribution in [1.82, 2.24) is 80.6 Å². The largest absolute Gasteiger partial charge is 0.444 e. The number of hydrogen-bond donors (Lipinski definition) is 5. The van der Waals surface area contributed by atoms with Gasteiger partial charge in [-0.15, -0.1) is 10.2 Å². The lowest BCUT2D eigenvalue weighted by molar-refractivity contribution is -0.133. The van der Waals surface area contributed by atoms with E-state index in [0.717, 1.165) is 16.8 Å². The molecule has 28 heteroatoms. The van der Waals surface area contributed by atoms with E-state index in [1.807, 2.05) is 29.3 Å². The van der Waals surface area contributed by atoms with Crippen LogP contribution in [0.3, 0.4) is 0 Å². The first kappa shape index (κ1) is 60.1. The zero-order valence-electron chi connectivity index (χ0n) is 46.9. The van der Waals surface area contributed by atoms with Crippen LogP contribution >= 0.6 is 23.2 Å². The van der Waals surface area contributed by atoms with E-state index in [9.17, 15) is 28.8 Å². The van der Waals surface area contributed by atoms with E-state index in [-0.39, 0.29) is 60.9 Å². The molecule has 1 atom stereocenters. The minimum absolute atomic E-state index is 0.0137. The Hall–Kier alpha value is -7.97. The molecule has 6 aromatic rings. The Morgan fingerprint density at radius 1 is 0.841 bits per heavy atom. The molecule has 0 saturated carbocycles. The number of nitrogens with zero attached hydrogens (tertiary/aromatic N) is 13. The fourth-order valence-electron chi connectivity index (χ4n) is 9.44. The number of piperidine rings is 1. The molecular weight excluding hydrogens is 1100 g/mol. The number of H-pyrrole nitrogens is 1. The second-order valence-corrected chi connectivity index (χ2v) is 22.9. The number of amides is 6. The van der Waals surface area contributed by atoms with E-state index in [1.165, 1.54) is 34.2 Å². The molecule has 2 fully saturated rings. The van der Waals surface area contributed by atoms with E-state index >= 15 is 0 Å². The number of aryl methyl sites for hydroxylation is 1. The van der Waals surface area contributed by atoms with E-state index in [0.29, 0.717) is 94.4 Å². The number of carbonyl (C=O) groups excluding carboxylic acids is 6. The number of alkyl carbamates (subject to hydrolysis) is 1. The first-order valence-electron chi connectivity index (χ1n) is 27.1. The molecule has 0 bridgehead atoms. The summed E-state index contributed by atoms with van der Waals surface area (Å²) in [4.78, 5) is 104. The highest BCUT2D eigenvalue weighted by Gasteiger charge is 2.45. The molecule has 5 aromatic heterocycles. The molecular formula is C54H70Cl2N18O8. The molecule has 7 heterocycles. The van der Waals surface area contributed by atoms with Crippen LogP contribution in [-0.2, 0) is 43.4 Å². The molecule has 26 nitrogen and oxygen atoms in total. The Morgan fingerprint density at radius 3 is 2.28 bits per heavy atom. The van der Waals surface area contributed by atoms with Crippen molar-refractivity contribution in [3.8, 4) is 0 Å². The lowest BCUT2D eigenvalue weighted by Crippen LogP contribution is -2.64. The van der Waals surface area contributed by atoms with Gasteiger partial charge in [0.2, 0.25) is 17.7 Å². The van der Waals surface area contributed by atoms with Gasteiger partial charge in [-0.2, -0.15) is 0 Å². The molecule has 82 heavy (non-hydrogen) atoms. The molecule has 2 aliphatic rings. The number of halogens is 2. The van der Waals surface area contributed by atoms with Gasteiger partial charge in [-0.1, -0.05) is 45.8 Å². The quantitative estimate of drug-likeness (QED) is 0.0590. The number of carbonyl (C=O) groups is 6. The molecule has 1 aromatic carbocycles. The van der Waals surface area contributed by atoms with Gasteiger partial charge in [0.25, 0.3) is 5.91 Å². The second kappa shape index (κ2) is 26.7. The zero-order valence-corrected chi connectivity index (χ0v) is 48.4. The van der Waals surface area contributed by atoms with Crippen molar-refractivity contribution in [3.05, 3.63) is 101 Å². The number of pyridine rings is 1. The van der Waals surface area contributed by atoms with E-state index in [4.69, 9.17) is 32.7 Å². The topological polar surface area (TPSA) is 298 Å². The van der Waals surface area contributed by atoms with Crippen LogP contribution in [-0.4, -0.2) is 183 Å². The molecule has 0 aliphatic carbocycles. The van der Waals surface area contributed by atoms with Gasteiger partial charge in [-0.3, -0.25) is 38.3 Å². The van der Waals surface area contributed by atoms with Gasteiger partial charge in [0.15, 0.2) is 5.15 Å². The number of aromatic amines is 1. The fraction of sp³-hybridized carbons (Fsp3) is 0.500. The number of hydrogen-bond acceptors (Lipinski definition) is 17. The summed E-state index contributed by atoms with van der Waals surface area (Å²) in [7, 11) is 0. The lowest BCUT2D eigenvalue weighted by atomic mass is 9.85. The van der Waals surface area contributed by atoms with Gasteiger partial charge in [0, 0.05) is 95.4 Å². The number of anilines is 2. The first-order chi connectivity index (χ1) is 39.1.